The molecule has 24 heavy (non-hydrogen) atoms. The number of rotatable bonds is 4. The number of aryl methyl sites for hydroxylation is 1. The van der Waals surface area contributed by atoms with Crippen LogP contribution in [0, 0.1) is 12.7 Å². The Bertz CT molecular complexity index is 811. The van der Waals surface area contributed by atoms with Crippen LogP contribution in [0.2, 0.25) is 0 Å². The fourth-order valence-corrected chi connectivity index (χ4v) is 2.58. The molecule has 3 aromatic carbocycles. The highest BCUT2D eigenvalue weighted by atomic mass is 19.1. The fraction of sp³-hybridized carbons (Fsp3) is 0.0952. The van der Waals surface area contributed by atoms with Crippen molar-refractivity contribution in [1.29, 1.82) is 0 Å². The third kappa shape index (κ3) is 3.69. The van der Waals surface area contributed by atoms with Gasteiger partial charge in [-0.05, 0) is 42.3 Å². The van der Waals surface area contributed by atoms with Gasteiger partial charge in [-0.1, -0.05) is 60.2 Å². The van der Waals surface area contributed by atoms with Crippen LogP contribution < -0.4 is 5.32 Å². The van der Waals surface area contributed by atoms with Crippen molar-refractivity contribution in [2.75, 3.05) is 0 Å². The molecule has 120 valence electrons. The van der Waals surface area contributed by atoms with E-state index in [1.54, 1.807) is 0 Å². The maximum atomic E-state index is 13.0. The number of hydrogen-bond donors (Lipinski definition) is 1. The lowest BCUT2D eigenvalue weighted by atomic mass is 9.97. The summed E-state index contributed by atoms with van der Waals surface area (Å²) < 4.78 is 13.0. The largest absolute Gasteiger partial charge is 0.341 e. The zero-order valence-electron chi connectivity index (χ0n) is 13.4. The first-order valence-corrected chi connectivity index (χ1v) is 7.81. The van der Waals surface area contributed by atoms with E-state index in [2.05, 4.69) is 5.32 Å². The van der Waals surface area contributed by atoms with Crippen molar-refractivity contribution in [2.24, 2.45) is 0 Å². The lowest BCUT2D eigenvalue weighted by Crippen LogP contribution is -2.29. The molecule has 0 spiro atoms. The Labute approximate surface area is 141 Å². The maximum absolute atomic E-state index is 13.0. The summed E-state index contributed by atoms with van der Waals surface area (Å²) in [6, 6.07) is 23.2. The molecule has 0 saturated carbocycles. The second kappa shape index (κ2) is 7.09. The number of halogens is 1. The van der Waals surface area contributed by atoms with Crippen LogP contribution in [-0.4, -0.2) is 5.91 Å². The third-order valence-electron chi connectivity index (χ3n) is 3.93. The van der Waals surface area contributed by atoms with Gasteiger partial charge in [0.1, 0.15) is 5.82 Å². The highest BCUT2D eigenvalue weighted by Gasteiger charge is 2.17. The molecular weight excluding hydrogens is 301 g/mol. The van der Waals surface area contributed by atoms with E-state index in [-0.39, 0.29) is 17.8 Å². The van der Waals surface area contributed by atoms with Crippen molar-refractivity contribution in [2.45, 2.75) is 13.0 Å². The van der Waals surface area contributed by atoms with Crippen LogP contribution in [0.15, 0.2) is 78.9 Å². The van der Waals surface area contributed by atoms with Gasteiger partial charge in [-0.15, -0.1) is 0 Å². The van der Waals surface area contributed by atoms with Crippen LogP contribution >= 0.6 is 0 Å². The van der Waals surface area contributed by atoms with Gasteiger partial charge in [-0.2, -0.15) is 0 Å². The Morgan fingerprint density at radius 3 is 2.04 bits per heavy atom. The van der Waals surface area contributed by atoms with Crippen molar-refractivity contribution in [3.8, 4) is 0 Å². The second-order valence-electron chi connectivity index (χ2n) is 5.73. The number of nitrogens with one attached hydrogen (secondary N) is 1. The molecule has 0 heterocycles. The molecule has 0 bridgehead atoms. The van der Waals surface area contributed by atoms with Crippen LogP contribution in [0.1, 0.15) is 33.1 Å². The van der Waals surface area contributed by atoms with Crippen LogP contribution in [0.5, 0.6) is 0 Å². The summed E-state index contributed by atoms with van der Waals surface area (Å²) in [6.45, 7) is 2.03. The fourth-order valence-electron chi connectivity index (χ4n) is 2.58. The van der Waals surface area contributed by atoms with Crippen molar-refractivity contribution < 1.29 is 9.18 Å². The molecule has 0 unspecified atom stereocenters. The summed E-state index contributed by atoms with van der Waals surface area (Å²) in [7, 11) is 0. The van der Waals surface area contributed by atoms with E-state index in [0.717, 1.165) is 16.7 Å². The zero-order valence-corrected chi connectivity index (χ0v) is 13.4. The van der Waals surface area contributed by atoms with E-state index in [1.807, 2.05) is 61.5 Å². The summed E-state index contributed by atoms with van der Waals surface area (Å²) in [6.07, 6.45) is 0. The molecule has 0 aliphatic carbocycles. The number of carbonyl (C=O) groups is 1. The van der Waals surface area contributed by atoms with Crippen LogP contribution in [0.4, 0.5) is 4.39 Å². The van der Waals surface area contributed by atoms with Crippen molar-refractivity contribution >= 4 is 5.91 Å². The highest BCUT2D eigenvalue weighted by Crippen LogP contribution is 2.23. The Morgan fingerprint density at radius 1 is 0.833 bits per heavy atom. The SMILES string of the molecule is Cc1ccc([C@H](NC(=O)c2ccc(F)cc2)c2ccccc2)cc1. The van der Waals surface area contributed by atoms with Gasteiger partial charge < -0.3 is 5.32 Å². The van der Waals surface area contributed by atoms with E-state index in [4.69, 9.17) is 0 Å². The summed E-state index contributed by atoms with van der Waals surface area (Å²) in [5.41, 5.74) is 3.60. The molecule has 3 rings (SSSR count). The molecule has 1 atom stereocenters. The average molecular weight is 319 g/mol. The van der Waals surface area contributed by atoms with Crippen LogP contribution in [0.25, 0.3) is 0 Å². The van der Waals surface area contributed by atoms with Gasteiger partial charge in [0.25, 0.3) is 5.91 Å². The lowest BCUT2D eigenvalue weighted by molar-refractivity contribution is 0.0943. The molecule has 1 amide bonds. The molecule has 0 aliphatic heterocycles. The predicted molar refractivity (Wildman–Crippen MR) is 93.3 cm³/mol. The molecule has 0 radical (unpaired) electrons. The molecular formula is C21H18FNO. The zero-order chi connectivity index (χ0) is 16.9. The standard InChI is InChI=1S/C21H18FNO/c1-15-7-9-17(10-8-15)20(16-5-3-2-4-6-16)23-21(24)18-11-13-19(22)14-12-18/h2-14,20H,1H3,(H,23,24)/t20-/m1/s1. The normalized spacial score (nSPS) is 11.8. The van der Waals surface area contributed by atoms with Gasteiger partial charge in [0, 0.05) is 5.56 Å². The van der Waals surface area contributed by atoms with E-state index >= 15 is 0 Å². The Kier molecular flexibility index (Phi) is 4.71. The first-order chi connectivity index (χ1) is 11.6. The molecule has 3 heteroatoms. The summed E-state index contributed by atoms with van der Waals surface area (Å²) in [5, 5.41) is 3.04. The minimum atomic E-state index is -0.357. The Balaban J connectivity index is 1.91. The maximum Gasteiger partial charge on any atom is 0.252 e. The third-order valence-corrected chi connectivity index (χ3v) is 3.93. The quantitative estimate of drug-likeness (QED) is 0.745. The van der Waals surface area contributed by atoms with Crippen LogP contribution in [-0.2, 0) is 0 Å². The number of benzene rings is 3. The summed E-state index contributed by atoms with van der Waals surface area (Å²) in [5.74, 6) is -0.589. The summed E-state index contributed by atoms with van der Waals surface area (Å²) in [4.78, 5) is 12.5. The highest BCUT2D eigenvalue weighted by molar-refractivity contribution is 5.94. The molecule has 3 aromatic rings. The van der Waals surface area contributed by atoms with Gasteiger partial charge in [0.15, 0.2) is 0 Å². The second-order valence-corrected chi connectivity index (χ2v) is 5.73. The number of hydrogen-bond acceptors (Lipinski definition) is 1. The molecule has 2 nitrogen and oxygen atoms in total. The average Bonchev–Trinajstić information content (AvgIpc) is 2.62. The molecule has 0 aliphatic rings. The predicted octanol–water partition coefficient (Wildman–Crippen LogP) is 4.65. The monoisotopic (exact) mass is 319 g/mol. The Hall–Kier alpha value is -2.94. The van der Waals surface area contributed by atoms with E-state index in [9.17, 15) is 9.18 Å². The first kappa shape index (κ1) is 15.9. The van der Waals surface area contributed by atoms with Gasteiger partial charge in [0.2, 0.25) is 0 Å². The van der Waals surface area contributed by atoms with Crippen molar-refractivity contribution in [3.05, 3.63) is 107 Å². The van der Waals surface area contributed by atoms with Gasteiger partial charge in [-0.3, -0.25) is 4.79 Å². The van der Waals surface area contributed by atoms with Crippen LogP contribution in [0.3, 0.4) is 0 Å². The molecule has 0 fully saturated rings. The van der Waals surface area contributed by atoms with Crippen molar-refractivity contribution in [3.63, 3.8) is 0 Å². The Morgan fingerprint density at radius 2 is 1.42 bits per heavy atom. The minimum Gasteiger partial charge on any atom is -0.341 e. The molecule has 0 aromatic heterocycles. The number of amides is 1. The number of carbonyl (C=O) groups excluding carboxylic acids is 1. The van der Waals surface area contributed by atoms with E-state index < -0.39 is 0 Å². The lowest BCUT2D eigenvalue weighted by Gasteiger charge is -2.20. The van der Waals surface area contributed by atoms with E-state index in [0.29, 0.717) is 5.56 Å². The van der Waals surface area contributed by atoms with Crippen molar-refractivity contribution in [1.82, 2.24) is 5.32 Å². The van der Waals surface area contributed by atoms with E-state index in [1.165, 1.54) is 24.3 Å². The molecule has 0 saturated heterocycles. The molecule has 1 N–H and O–H groups in total. The topological polar surface area (TPSA) is 29.1 Å². The first-order valence-electron chi connectivity index (χ1n) is 7.81. The summed E-state index contributed by atoms with van der Waals surface area (Å²) >= 11 is 0. The smallest absolute Gasteiger partial charge is 0.252 e. The van der Waals surface area contributed by atoms with Gasteiger partial charge in [0.05, 0.1) is 6.04 Å². The van der Waals surface area contributed by atoms with Gasteiger partial charge >= 0.3 is 0 Å². The van der Waals surface area contributed by atoms with Gasteiger partial charge in [-0.25, -0.2) is 4.39 Å². The minimum absolute atomic E-state index is 0.232.